The molecule has 2 aliphatic rings. The predicted octanol–water partition coefficient (Wildman–Crippen LogP) is 5.65. The Labute approximate surface area is 218 Å². The van der Waals surface area contributed by atoms with Gasteiger partial charge in [0, 0.05) is 24.3 Å². The van der Waals surface area contributed by atoms with Crippen LogP contribution in [0.2, 0.25) is 0 Å². The second-order valence-corrected chi connectivity index (χ2v) is 10.3. The number of aryl methyl sites for hydroxylation is 2. The van der Waals surface area contributed by atoms with E-state index in [1.54, 1.807) is 24.5 Å². The minimum atomic E-state index is -3.48. The number of fused-ring (bicyclic) bond motifs is 2. The Balaban J connectivity index is 1.68. The second-order valence-electron chi connectivity index (χ2n) is 10.3. The van der Waals surface area contributed by atoms with Gasteiger partial charge in [-0.25, -0.2) is 14.4 Å². The predicted molar refractivity (Wildman–Crippen MR) is 137 cm³/mol. The molecule has 0 spiro atoms. The average molecular weight is 526 g/mol. The number of aromatic nitrogens is 3. The summed E-state index contributed by atoms with van der Waals surface area (Å²) in [6.45, 7) is 2.99. The Morgan fingerprint density at radius 2 is 1.92 bits per heavy atom. The highest BCUT2D eigenvalue weighted by Crippen LogP contribution is 2.47. The first-order valence-electron chi connectivity index (χ1n) is 13.0. The van der Waals surface area contributed by atoms with Crippen LogP contribution < -0.4 is 10.9 Å². The van der Waals surface area contributed by atoms with E-state index in [9.17, 15) is 18.8 Å². The van der Waals surface area contributed by atoms with Crippen LogP contribution in [0.15, 0.2) is 29.1 Å². The van der Waals surface area contributed by atoms with Crippen LogP contribution in [0.3, 0.4) is 0 Å². The molecule has 2 aromatic heterocycles. The third kappa shape index (κ3) is 4.75. The van der Waals surface area contributed by atoms with Gasteiger partial charge in [0.25, 0.3) is 11.5 Å². The fraction of sp³-hybridized carbons (Fsp3) is 0.500. The van der Waals surface area contributed by atoms with Gasteiger partial charge in [-0.15, -0.1) is 0 Å². The lowest BCUT2D eigenvalue weighted by Crippen LogP contribution is -2.29. The summed E-state index contributed by atoms with van der Waals surface area (Å²) >= 11 is 0. The van der Waals surface area contributed by atoms with E-state index in [0.29, 0.717) is 60.5 Å². The van der Waals surface area contributed by atoms with Crippen molar-refractivity contribution in [1.29, 1.82) is 5.26 Å². The fourth-order valence-corrected chi connectivity index (χ4v) is 5.13. The molecule has 1 aromatic carbocycles. The second kappa shape index (κ2) is 10.0. The minimum Gasteiger partial charge on any atom is -0.375 e. The van der Waals surface area contributed by atoms with Crippen molar-refractivity contribution in [3.63, 3.8) is 0 Å². The number of alkyl halides is 2. The highest BCUT2D eigenvalue weighted by Gasteiger charge is 2.47. The van der Waals surface area contributed by atoms with Crippen LogP contribution >= 0.6 is 0 Å². The molecule has 6 bridgehead atoms. The van der Waals surface area contributed by atoms with Gasteiger partial charge in [0.2, 0.25) is 0 Å². The quantitative estimate of drug-likeness (QED) is 0.441. The number of nitrogens with one attached hydrogen (secondary N) is 1. The molecule has 5 rings (SSSR count). The largest absolute Gasteiger partial charge is 0.375 e. The monoisotopic (exact) mass is 525 g/mol. The van der Waals surface area contributed by atoms with Crippen molar-refractivity contribution >= 4 is 16.9 Å². The molecule has 3 heterocycles. The van der Waals surface area contributed by atoms with Gasteiger partial charge in [-0.1, -0.05) is 25.0 Å². The standard InChI is InChI=1S/C28H30F3N5O2/c1-17-19-8-7-9-21(23(19)29)28(30,31)16-38-13-6-4-3-5-12-36-25-20(24(33-17)34-18(2)35-25)14-22(26(36)37)27(15-32)10-11-27/h7-9,14,17H,3-6,10-13,16H2,1-2H3,(H,33,34,35)/t17-/m1/s1. The number of benzene rings is 1. The molecule has 1 aliphatic heterocycles. The molecule has 200 valence electrons. The zero-order valence-corrected chi connectivity index (χ0v) is 21.5. The normalized spacial score (nSPS) is 21.2. The Morgan fingerprint density at radius 1 is 1.16 bits per heavy atom. The first-order chi connectivity index (χ1) is 18.2. The third-order valence-electron chi connectivity index (χ3n) is 7.48. The number of hydrogen-bond acceptors (Lipinski definition) is 6. The Hall–Kier alpha value is -3.45. The van der Waals surface area contributed by atoms with Crippen molar-refractivity contribution < 1.29 is 17.9 Å². The Morgan fingerprint density at radius 3 is 2.66 bits per heavy atom. The summed E-state index contributed by atoms with van der Waals surface area (Å²) in [6, 6.07) is 7.19. The van der Waals surface area contributed by atoms with Gasteiger partial charge < -0.3 is 10.1 Å². The first-order valence-corrected chi connectivity index (χ1v) is 13.0. The molecular formula is C28H30F3N5O2. The average Bonchev–Trinajstić information content (AvgIpc) is 3.67. The number of hydrogen-bond donors (Lipinski definition) is 1. The summed E-state index contributed by atoms with van der Waals surface area (Å²) in [7, 11) is 0. The number of pyridine rings is 1. The van der Waals surface area contributed by atoms with Crippen LogP contribution in [0.4, 0.5) is 19.0 Å². The number of nitriles is 1. The molecule has 1 N–H and O–H groups in total. The lowest BCUT2D eigenvalue weighted by Gasteiger charge is -2.23. The number of anilines is 1. The maximum atomic E-state index is 15.5. The summed E-state index contributed by atoms with van der Waals surface area (Å²) in [4.78, 5) is 22.7. The first kappa shape index (κ1) is 26.2. The van der Waals surface area contributed by atoms with Gasteiger partial charge in [-0.2, -0.15) is 14.0 Å². The molecule has 1 aliphatic carbocycles. The molecule has 0 amide bonds. The molecule has 7 nitrogen and oxygen atoms in total. The van der Waals surface area contributed by atoms with E-state index >= 15 is 4.39 Å². The third-order valence-corrected chi connectivity index (χ3v) is 7.48. The molecule has 1 fully saturated rings. The SMILES string of the molecule is Cc1nc2c3cc(C4(C#N)CC4)c(=O)n(c3n1)CCCCCCOCC(F)(F)c1cccc(c1F)[C@@H](C)N2. The van der Waals surface area contributed by atoms with Crippen LogP contribution in [-0.2, 0) is 22.6 Å². The number of ether oxygens (including phenoxy) is 1. The van der Waals surface area contributed by atoms with E-state index in [4.69, 9.17) is 4.74 Å². The van der Waals surface area contributed by atoms with Crippen molar-refractivity contribution in [3.05, 3.63) is 63.0 Å². The summed E-state index contributed by atoms with van der Waals surface area (Å²) in [5, 5.41) is 13.6. The fourth-order valence-electron chi connectivity index (χ4n) is 5.13. The van der Waals surface area contributed by atoms with Gasteiger partial charge in [0.05, 0.1) is 28.5 Å². The maximum absolute atomic E-state index is 15.5. The van der Waals surface area contributed by atoms with Gasteiger partial charge in [-0.05, 0) is 51.7 Å². The molecule has 1 saturated carbocycles. The van der Waals surface area contributed by atoms with Crippen molar-refractivity contribution in [2.24, 2.45) is 0 Å². The highest BCUT2D eigenvalue weighted by atomic mass is 19.3. The Bertz CT molecular complexity index is 1480. The topological polar surface area (TPSA) is 92.8 Å². The lowest BCUT2D eigenvalue weighted by molar-refractivity contribution is -0.0853. The van der Waals surface area contributed by atoms with E-state index < -0.39 is 35.4 Å². The summed E-state index contributed by atoms with van der Waals surface area (Å²) in [5.41, 5.74) is -0.883. The van der Waals surface area contributed by atoms with E-state index in [1.165, 1.54) is 12.1 Å². The Kier molecular flexibility index (Phi) is 6.90. The lowest BCUT2D eigenvalue weighted by atomic mass is 9.97. The molecule has 10 heteroatoms. The van der Waals surface area contributed by atoms with E-state index in [0.717, 1.165) is 18.9 Å². The van der Waals surface area contributed by atoms with Gasteiger partial charge in [-0.3, -0.25) is 9.36 Å². The molecule has 0 unspecified atom stereocenters. The molecular weight excluding hydrogens is 495 g/mol. The summed E-state index contributed by atoms with van der Waals surface area (Å²) < 4.78 is 52.1. The minimum absolute atomic E-state index is 0.0527. The van der Waals surface area contributed by atoms with Crippen LogP contribution in [-0.4, -0.2) is 27.7 Å². The van der Waals surface area contributed by atoms with Crippen LogP contribution in [0, 0.1) is 24.1 Å². The van der Waals surface area contributed by atoms with Crippen molar-refractivity contribution in [2.45, 2.75) is 76.3 Å². The van der Waals surface area contributed by atoms with E-state index in [2.05, 4.69) is 21.4 Å². The van der Waals surface area contributed by atoms with E-state index in [-0.39, 0.29) is 17.7 Å². The van der Waals surface area contributed by atoms with Crippen molar-refractivity contribution in [1.82, 2.24) is 14.5 Å². The highest BCUT2D eigenvalue weighted by molar-refractivity contribution is 5.88. The van der Waals surface area contributed by atoms with Crippen LogP contribution in [0.25, 0.3) is 11.0 Å². The summed E-state index contributed by atoms with van der Waals surface area (Å²) in [5.74, 6) is -3.73. The number of nitrogens with zero attached hydrogens (tertiary/aromatic N) is 4. The molecule has 38 heavy (non-hydrogen) atoms. The smallest absolute Gasteiger partial charge is 0.298 e. The van der Waals surface area contributed by atoms with Crippen molar-refractivity contribution in [2.75, 3.05) is 18.5 Å². The van der Waals surface area contributed by atoms with Gasteiger partial charge >= 0.3 is 0 Å². The molecule has 1 atom stereocenters. The summed E-state index contributed by atoms with van der Waals surface area (Å²) in [6.07, 6.45) is 3.92. The number of halogens is 3. The zero-order chi connectivity index (χ0) is 27.1. The van der Waals surface area contributed by atoms with Crippen LogP contribution in [0.5, 0.6) is 0 Å². The number of rotatable bonds is 1. The van der Waals surface area contributed by atoms with Crippen LogP contribution in [0.1, 0.15) is 74.0 Å². The van der Waals surface area contributed by atoms with Crippen molar-refractivity contribution in [3.8, 4) is 6.07 Å². The maximum Gasteiger partial charge on any atom is 0.298 e. The molecule has 3 aromatic rings. The van der Waals surface area contributed by atoms with Gasteiger partial charge in [0.15, 0.2) is 0 Å². The molecule has 0 saturated heterocycles. The van der Waals surface area contributed by atoms with Gasteiger partial charge in [0.1, 0.15) is 29.7 Å². The molecule has 0 radical (unpaired) electrons. The zero-order valence-electron chi connectivity index (χ0n) is 21.5. The van der Waals surface area contributed by atoms with E-state index in [1.807, 2.05) is 0 Å².